The molecule has 0 saturated heterocycles. The third kappa shape index (κ3) is 4.71. The Hall–Kier alpha value is -6.96. The molecule has 1 heteroatoms. The molecule has 0 bridgehead atoms. The van der Waals surface area contributed by atoms with Gasteiger partial charge in [-0.1, -0.05) is 170 Å². The van der Waals surface area contributed by atoms with Gasteiger partial charge in [0.1, 0.15) is 11.2 Å². The lowest BCUT2D eigenvalue weighted by Crippen LogP contribution is -1.90. The minimum atomic E-state index is -0.713. The lowest BCUT2D eigenvalue weighted by atomic mass is 9.85. The van der Waals surface area contributed by atoms with E-state index in [0.29, 0.717) is 5.56 Å². The van der Waals surface area contributed by atoms with Crippen LogP contribution in [0, 0.1) is 0 Å². The molecule has 0 unspecified atom stereocenters. The first-order chi connectivity index (χ1) is 31.7. The lowest BCUT2D eigenvalue weighted by Gasteiger charge is -2.18. The fourth-order valence-corrected chi connectivity index (χ4v) is 7.78. The molecule has 0 spiro atoms. The molecule has 0 aliphatic rings. The maximum Gasteiger partial charge on any atom is 0.143 e. The van der Waals surface area contributed by atoms with Crippen molar-refractivity contribution >= 4 is 65.0 Å². The van der Waals surface area contributed by atoms with Gasteiger partial charge < -0.3 is 4.42 Å². The Morgan fingerprint density at radius 3 is 1.57 bits per heavy atom. The van der Waals surface area contributed by atoms with Crippen molar-refractivity contribution in [2.75, 3.05) is 0 Å². The van der Waals surface area contributed by atoms with Crippen LogP contribution in [0.25, 0.3) is 110 Å². The number of furan rings is 1. The van der Waals surface area contributed by atoms with Crippen molar-refractivity contribution in [3.63, 3.8) is 0 Å². The van der Waals surface area contributed by atoms with Gasteiger partial charge >= 0.3 is 0 Å². The molecule has 0 radical (unpaired) electrons. The van der Waals surface area contributed by atoms with E-state index in [1.807, 2.05) is 60.7 Å². The lowest BCUT2D eigenvalue weighted by molar-refractivity contribution is 0.670. The Bertz CT molecular complexity index is 3880. The molecule has 0 N–H and O–H groups in total. The van der Waals surface area contributed by atoms with Crippen molar-refractivity contribution in [1.29, 1.82) is 0 Å². The van der Waals surface area contributed by atoms with Gasteiger partial charge in [0.05, 0.1) is 17.8 Å². The monoisotopic (exact) mass is 685 g/mol. The first-order valence-electron chi connectivity index (χ1n) is 23.7. The summed E-state index contributed by atoms with van der Waals surface area (Å²) < 4.78 is 122. The van der Waals surface area contributed by atoms with Gasteiger partial charge in [0.25, 0.3) is 0 Å². The van der Waals surface area contributed by atoms with Crippen molar-refractivity contribution in [3.05, 3.63) is 194 Å². The van der Waals surface area contributed by atoms with Crippen LogP contribution < -0.4 is 0 Å². The van der Waals surface area contributed by atoms with Gasteiger partial charge in [-0.25, -0.2) is 0 Å². The molecule has 0 aliphatic carbocycles. The fourth-order valence-electron chi connectivity index (χ4n) is 7.78. The highest BCUT2D eigenvalue weighted by molar-refractivity contribution is 6.22. The Kier molecular flexibility index (Phi) is 4.36. The minimum Gasteiger partial charge on any atom is -0.455 e. The second kappa shape index (κ2) is 11.8. The summed E-state index contributed by atoms with van der Waals surface area (Å²) in [5.41, 5.74) is 5.06. The molecule has 10 aromatic carbocycles. The summed E-state index contributed by atoms with van der Waals surface area (Å²) in [5, 5.41) is 4.98. The molecule has 0 saturated carbocycles. The Labute approximate surface area is 325 Å². The van der Waals surface area contributed by atoms with E-state index in [1.165, 1.54) is 0 Å². The molecule has 11 rings (SSSR count). The van der Waals surface area contributed by atoms with Crippen molar-refractivity contribution in [2.24, 2.45) is 0 Å². The first-order valence-corrected chi connectivity index (χ1v) is 17.2. The average molecular weight is 686 g/mol. The zero-order valence-corrected chi connectivity index (χ0v) is 27.9. The summed E-state index contributed by atoms with van der Waals surface area (Å²) in [7, 11) is 0. The minimum absolute atomic E-state index is 0.0814. The van der Waals surface area contributed by atoms with Gasteiger partial charge in [-0.2, -0.15) is 0 Å². The van der Waals surface area contributed by atoms with Crippen LogP contribution in [0.4, 0.5) is 0 Å². The van der Waals surface area contributed by atoms with Crippen molar-refractivity contribution in [3.8, 4) is 44.5 Å². The quantitative estimate of drug-likeness (QED) is 0.168. The topological polar surface area (TPSA) is 13.1 Å². The van der Waals surface area contributed by atoms with Crippen LogP contribution in [-0.4, -0.2) is 0 Å². The molecule has 246 valence electrons. The molecular formula is C52H32O. The summed E-state index contributed by atoms with van der Waals surface area (Å²) in [6.45, 7) is 0. The van der Waals surface area contributed by atoms with Crippen LogP contribution in [0.1, 0.15) is 17.8 Å². The maximum absolute atomic E-state index is 9.30. The molecule has 11 aromatic rings. The number of rotatable bonds is 4. The van der Waals surface area contributed by atoms with Crippen molar-refractivity contribution < 1.29 is 22.2 Å². The van der Waals surface area contributed by atoms with Gasteiger partial charge in [-0.3, -0.25) is 0 Å². The largest absolute Gasteiger partial charge is 0.455 e. The number of hydrogen-bond donors (Lipinski definition) is 0. The maximum atomic E-state index is 9.30. The number of hydrogen-bond acceptors (Lipinski definition) is 1. The zero-order chi connectivity index (χ0) is 46.2. The van der Waals surface area contributed by atoms with Crippen LogP contribution in [0.15, 0.2) is 198 Å². The highest BCUT2D eigenvalue weighted by Crippen LogP contribution is 2.45. The van der Waals surface area contributed by atoms with E-state index in [4.69, 9.17) is 16.8 Å². The molecular weight excluding hydrogens is 641 g/mol. The molecule has 0 fully saturated rings. The third-order valence-electron chi connectivity index (χ3n) is 10.1. The predicted octanol–water partition coefficient (Wildman–Crippen LogP) is 14.9. The van der Waals surface area contributed by atoms with Gasteiger partial charge in [0.2, 0.25) is 0 Å². The van der Waals surface area contributed by atoms with E-state index < -0.39 is 84.1 Å². The van der Waals surface area contributed by atoms with Gasteiger partial charge in [-0.15, -0.1) is 0 Å². The number of fused-ring (bicyclic) bond motifs is 7. The van der Waals surface area contributed by atoms with E-state index in [9.17, 15) is 5.48 Å². The molecule has 1 aromatic heterocycles. The predicted molar refractivity (Wildman–Crippen MR) is 225 cm³/mol. The zero-order valence-electron chi connectivity index (χ0n) is 40.9. The molecule has 1 heterocycles. The SMILES string of the molecule is [2H]c1c([2H])c([2H])c(-c2c3c([2H])c([2H])c([2H])c([2H])c3c(-c3ccc4cc(-c5cccc6oc7c(-c8ccc9ccccc9c8)cccc7c56)ccc4c3)c3c([2H])c([2H])c([2H])c([2H])c23)c([2H])c1[2H]. The second-order valence-electron chi connectivity index (χ2n) is 13.1. The summed E-state index contributed by atoms with van der Waals surface area (Å²) in [6.07, 6.45) is 0. The van der Waals surface area contributed by atoms with Gasteiger partial charge in [0, 0.05) is 16.3 Å². The molecule has 1 nitrogen and oxygen atoms in total. The molecule has 0 amide bonds. The molecule has 0 aliphatic heterocycles. The summed E-state index contributed by atoms with van der Waals surface area (Å²) in [4.78, 5) is 0. The van der Waals surface area contributed by atoms with Crippen molar-refractivity contribution in [1.82, 2.24) is 0 Å². The Balaban J connectivity index is 1.15. The highest BCUT2D eigenvalue weighted by atomic mass is 16.3. The van der Waals surface area contributed by atoms with Crippen LogP contribution in [0.3, 0.4) is 0 Å². The fraction of sp³-hybridized carbons (Fsp3) is 0. The standard InChI is InChI=1S/C52H32O/c1-2-13-34(14-3-1)49-43-16-6-8-18-45(43)50(46-19-9-7-17-44(46)49)40-29-26-36-31-38(28-25-37(36)32-40)41-20-11-23-48-51(41)47-22-10-21-42(52(47)53-48)39-27-24-33-12-4-5-15-35(33)30-39/h1-32H/i1D,2D,3D,6D,7D,8D,9D,13D,14D,16D,17D,18D,19D. The van der Waals surface area contributed by atoms with Crippen LogP contribution in [0.2, 0.25) is 0 Å². The number of benzene rings is 10. The third-order valence-corrected chi connectivity index (χ3v) is 10.1. The van der Waals surface area contributed by atoms with E-state index in [2.05, 4.69) is 42.5 Å². The van der Waals surface area contributed by atoms with Crippen LogP contribution >= 0.6 is 0 Å². The smallest absolute Gasteiger partial charge is 0.143 e. The van der Waals surface area contributed by atoms with E-state index >= 15 is 0 Å². The Morgan fingerprint density at radius 2 is 0.868 bits per heavy atom. The van der Waals surface area contributed by atoms with Crippen molar-refractivity contribution in [2.45, 2.75) is 0 Å². The molecule has 53 heavy (non-hydrogen) atoms. The van der Waals surface area contributed by atoms with Crippen LogP contribution in [-0.2, 0) is 0 Å². The second-order valence-corrected chi connectivity index (χ2v) is 13.1. The van der Waals surface area contributed by atoms with E-state index in [-0.39, 0.29) is 32.7 Å². The average Bonchev–Trinajstić information content (AvgIpc) is 3.73. The van der Waals surface area contributed by atoms with Gasteiger partial charge in [-0.05, 0) is 106 Å². The summed E-state index contributed by atoms with van der Waals surface area (Å²) in [6, 6.07) is 29.7. The Morgan fingerprint density at radius 1 is 0.358 bits per heavy atom. The first kappa shape index (κ1) is 19.6. The molecule has 0 atom stereocenters. The number of para-hydroxylation sites is 1. The van der Waals surface area contributed by atoms with E-state index in [0.717, 1.165) is 65.7 Å². The summed E-state index contributed by atoms with van der Waals surface area (Å²) in [5.74, 6) is 0. The van der Waals surface area contributed by atoms with E-state index in [1.54, 1.807) is 12.1 Å². The summed E-state index contributed by atoms with van der Waals surface area (Å²) >= 11 is 0. The van der Waals surface area contributed by atoms with Crippen LogP contribution in [0.5, 0.6) is 0 Å². The normalized spacial score (nSPS) is 15.2. The highest BCUT2D eigenvalue weighted by Gasteiger charge is 2.18. The van der Waals surface area contributed by atoms with Gasteiger partial charge in [0.15, 0.2) is 0 Å².